The summed E-state index contributed by atoms with van der Waals surface area (Å²) in [7, 11) is 0. The van der Waals surface area contributed by atoms with Crippen LogP contribution in [0.3, 0.4) is 0 Å². The molecular weight excluding hydrogens is 400 g/mol. The maximum atomic E-state index is 13.4. The van der Waals surface area contributed by atoms with Crippen LogP contribution in [0.25, 0.3) is 0 Å². The van der Waals surface area contributed by atoms with Crippen molar-refractivity contribution in [2.75, 3.05) is 13.2 Å². The summed E-state index contributed by atoms with van der Waals surface area (Å²) in [6.07, 6.45) is 4.97. The molecule has 3 aromatic rings. The Morgan fingerprint density at radius 3 is 2.28 bits per heavy atom. The van der Waals surface area contributed by atoms with Crippen LogP contribution >= 0.6 is 0 Å². The number of carbonyl (C=O) groups excluding carboxylic acids is 1. The summed E-state index contributed by atoms with van der Waals surface area (Å²) in [5.74, 6) is 0.788. The Balaban J connectivity index is 1.25. The van der Waals surface area contributed by atoms with E-state index < -0.39 is 0 Å². The van der Waals surface area contributed by atoms with Crippen molar-refractivity contribution in [2.45, 2.75) is 38.1 Å². The number of rotatable bonds is 7. The fourth-order valence-electron chi connectivity index (χ4n) is 4.87. The first kappa shape index (κ1) is 20.9. The number of hydrogen-bond donors (Lipinski definition) is 0. The molecule has 0 saturated carbocycles. The lowest BCUT2D eigenvalue weighted by molar-refractivity contribution is -0.0872. The molecule has 164 valence electrons. The van der Waals surface area contributed by atoms with Gasteiger partial charge in [0.05, 0.1) is 19.4 Å². The normalized spacial score (nSPS) is 22.9. The van der Waals surface area contributed by atoms with Gasteiger partial charge >= 0.3 is 0 Å². The van der Waals surface area contributed by atoms with Gasteiger partial charge in [-0.3, -0.25) is 14.7 Å². The number of Topliss-reactive ketones (excluding diaryl/α,β-unsaturated/α-hetero) is 1. The number of ether oxygens (including phenoxy) is 2. The van der Waals surface area contributed by atoms with Gasteiger partial charge in [-0.25, -0.2) is 0 Å². The molecular formula is C27H28N2O3. The molecule has 2 bridgehead atoms. The van der Waals surface area contributed by atoms with Gasteiger partial charge < -0.3 is 9.47 Å². The molecule has 5 heteroatoms. The van der Waals surface area contributed by atoms with Crippen LogP contribution in [0.15, 0.2) is 79.1 Å². The standard InChI is InChI=1S/C27H28N2O3/c30-27(23-13-26(15-28-14-23)32-17-21-9-5-2-6-10-21)22-11-24-18-31-19-25(12-22)29(24)16-20-7-3-1-4-8-20/h1-10,13-15,22,24-25H,11-12,16-19H2. The third-order valence-electron chi connectivity index (χ3n) is 6.50. The molecule has 5 nitrogen and oxygen atoms in total. The minimum absolute atomic E-state index is 0.00732. The molecule has 2 aliphatic heterocycles. The second-order valence-corrected chi connectivity index (χ2v) is 8.72. The molecule has 2 unspecified atom stereocenters. The quantitative estimate of drug-likeness (QED) is 0.518. The first-order chi connectivity index (χ1) is 15.8. The predicted molar refractivity (Wildman–Crippen MR) is 122 cm³/mol. The lowest BCUT2D eigenvalue weighted by Crippen LogP contribution is -2.57. The molecule has 3 heterocycles. The van der Waals surface area contributed by atoms with Gasteiger partial charge in [0.1, 0.15) is 12.4 Å². The number of carbonyl (C=O) groups is 1. The van der Waals surface area contributed by atoms with Gasteiger partial charge in [0, 0.05) is 36.3 Å². The highest BCUT2D eigenvalue weighted by Gasteiger charge is 2.41. The zero-order chi connectivity index (χ0) is 21.8. The van der Waals surface area contributed by atoms with E-state index in [1.54, 1.807) is 12.4 Å². The first-order valence-electron chi connectivity index (χ1n) is 11.3. The molecule has 2 aliphatic rings. The number of pyridine rings is 1. The van der Waals surface area contributed by atoms with Crippen LogP contribution in [0.1, 0.15) is 34.3 Å². The number of fused-ring (bicyclic) bond motifs is 2. The Kier molecular flexibility index (Phi) is 6.28. The van der Waals surface area contributed by atoms with E-state index >= 15 is 0 Å². The minimum Gasteiger partial charge on any atom is -0.487 e. The fraction of sp³-hybridized carbons (Fsp3) is 0.333. The summed E-state index contributed by atoms with van der Waals surface area (Å²) in [4.78, 5) is 20.2. The highest BCUT2D eigenvalue weighted by Crippen LogP contribution is 2.35. The number of morpholine rings is 1. The van der Waals surface area contributed by atoms with E-state index in [-0.39, 0.29) is 23.8 Å². The van der Waals surface area contributed by atoms with Crippen molar-refractivity contribution in [3.63, 3.8) is 0 Å². The highest BCUT2D eigenvalue weighted by molar-refractivity contribution is 5.98. The van der Waals surface area contributed by atoms with Crippen molar-refractivity contribution < 1.29 is 14.3 Å². The highest BCUT2D eigenvalue weighted by atomic mass is 16.5. The average Bonchev–Trinajstić information content (AvgIpc) is 2.84. The van der Waals surface area contributed by atoms with Crippen LogP contribution in [-0.2, 0) is 17.9 Å². The van der Waals surface area contributed by atoms with Gasteiger partial charge in [-0.05, 0) is 30.0 Å². The molecule has 5 rings (SSSR count). The van der Waals surface area contributed by atoms with Crippen molar-refractivity contribution in [3.8, 4) is 5.75 Å². The zero-order valence-corrected chi connectivity index (χ0v) is 18.1. The van der Waals surface area contributed by atoms with Crippen LogP contribution < -0.4 is 4.74 Å². The number of ketones is 1. The minimum atomic E-state index is -0.00732. The van der Waals surface area contributed by atoms with Crippen LogP contribution in [0.2, 0.25) is 0 Å². The Hall–Kier alpha value is -3.02. The van der Waals surface area contributed by atoms with Gasteiger partial charge in [-0.2, -0.15) is 0 Å². The molecule has 32 heavy (non-hydrogen) atoms. The lowest BCUT2D eigenvalue weighted by Gasteiger charge is -2.48. The molecule has 2 saturated heterocycles. The molecule has 0 N–H and O–H groups in total. The fourth-order valence-corrected chi connectivity index (χ4v) is 4.87. The molecule has 0 radical (unpaired) electrons. The third-order valence-corrected chi connectivity index (χ3v) is 6.50. The molecule has 0 aliphatic carbocycles. The van der Waals surface area contributed by atoms with Gasteiger partial charge in [0.15, 0.2) is 5.78 Å². The Morgan fingerprint density at radius 1 is 0.938 bits per heavy atom. The van der Waals surface area contributed by atoms with Gasteiger partial charge in [-0.1, -0.05) is 60.7 Å². The SMILES string of the molecule is O=C(c1cncc(OCc2ccccc2)c1)C1CC2COCC(C1)N2Cc1ccccc1. The van der Waals surface area contributed by atoms with Crippen molar-refractivity contribution in [1.82, 2.24) is 9.88 Å². The summed E-state index contributed by atoms with van der Waals surface area (Å²) in [6.45, 7) is 2.74. The van der Waals surface area contributed by atoms with Crippen LogP contribution in [0, 0.1) is 5.92 Å². The van der Waals surface area contributed by atoms with E-state index in [2.05, 4.69) is 34.1 Å². The summed E-state index contributed by atoms with van der Waals surface area (Å²) in [5, 5.41) is 0. The van der Waals surface area contributed by atoms with Crippen molar-refractivity contribution >= 4 is 5.78 Å². The maximum absolute atomic E-state index is 13.4. The second-order valence-electron chi connectivity index (χ2n) is 8.72. The number of aromatic nitrogens is 1. The summed E-state index contributed by atoms with van der Waals surface area (Å²) >= 11 is 0. The molecule has 0 amide bonds. The second kappa shape index (κ2) is 9.63. The number of piperidine rings is 1. The van der Waals surface area contributed by atoms with Gasteiger partial charge in [0.25, 0.3) is 0 Å². The van der Waals surface area contributed by atoms with E-state index in [4.69, 9.17) is 9.47 Å². The smallest absolute Gasteiger partial charge is 0.167 e. The number of benzene rings is 2. The van der Waals surface area contributed by atoms with E-state index in [9.17, 15) is 4.79 Å². The Bertz CT molecular complexity index is 1030. The van der Waals surface area contributed by atoms with Crippen molar-refractivity contribution in [3.05, 3.63) is 95.8 Å². The molecule has 0 spiro atoms. The molecule has 2 fully saturated rings. The lowest BCUT2D eigenvalue weighted by atomic mass is 9.80. The van der Waals surface area contributed by atoms with Crippen LogP contribution in [-0.4, -0.2) is 41.0 Å². The summed E-state index contributed by atoms with van der Waals surface area (Å²) in [5.41, 5.74) is 3.03. The maximum Gasteiger partial charge on any atom is 0.167 e. The third kappa shape index (κ3) is 4.74. The van der Waals surface area contributed by atoms with E-state index in [1.807, 2.05) is 42.5 Å². The Labute approximate surface area is 189 Å². The summed E-state index contributed by atoms with van der Waals surface area (Å²) in [6, 6.07) is 22.9. The van der Waals surface area contributed by atoms with Gasteiger partial charge in [-0.15, -0.1) is 0 Å². The van der Waals surface area contributed by atoms with E-state index in [0.29, 0.717) is 31.1 Å². The largest absolute Gasteiger partial charge is 0.487 e. The monoisotopic (exact) mass is 428 g/mol. The molecule has 2 atom stereocenters. The van der Waals surface area contributed by atoms with Crippen molar-refractivity contribution in [2.24, 2.45) is 5.92 Å². The number of hydrogen-bond acceptors (Lipinski definition) is 5. The van der Waals surface area contributed by atoms with Crippen LogP contribution in [0.5, 0.6) is 5.75 Å². The van der Waals surface area contributed by atoms with Crippen molar-refractivity contribution in [1.29, 1.82) is 0 Å². The van der Waals surface area contributed by atoms with Gasteiger partial charge in [0.2, 0.25) is 0 Å². The average molecular weight is 429 g/mol. The van der Waals surface area contributed by atoms with Crippen LogP contribution in [0.4, 0.5) is 0 Å². The van der Waals surface area contributed by atoms with E-state index in [0.717, 1.165) is 24.9 Å². The molecule has 2 aromatic carbocycles. The zero-order valence-electron chi connectivity index (χ0n) is 18.1. The molecule has 1 aromatic heterocycles. The summed E-state index contributed by atoms with van der Waals surface area (Å²) < 4.78 is 11.7. The predicted octanol–water partition coefficient (Wildman–Crippen LogP) is 4.52. The number of nitrogens with zero attached hydrogens (tertiary/aromatic N) is 2. The van der Waals surface area contributed by atoms with E-state index in [1.165, 1.54) is 5.56 Å². The first-order valence-corrected chi connectivity index (χ1v) is 11.3. The Morgan fingerprint density at radius 2 is 1.59 bits per heavy atom. The topological polar surface area (TPSA) is 51.7 Å².